The number of aryl methyl sites for hydroxylation is 1. The van der Waals surface area contributed by atoms with Crippen LogP contribution in [-0.2, 0) is 9.59 Å². The number of benzene rings is 3. The van der Waals surface area contributed by atoms with Gasteiger partial charge in [-0.15, -0.1) is 0 Å². The Hall–Kier alpha value is -4.04. The van der Waals surface area contributed by atoms with Gasteiger partial charge in [-0.3, -0.25) is 14.5 Å². The number of carboxylic acid groups (broad SMARTS) is 1. The van der Waals surface area contributed by atoms with Gasteiger partial charge in [0.25, 0.3) is 0 Å². The molecule has 4 atom stereocenters. The number of aliphatic carboxylic acids is 1. The molecule has 2 heterocycles. The maximum atomic E-state index is 13.9. The number of methoxy groups -OCH3 is 1. The van der Waals surface area contributed by atoms with Gasteiger partial charge in [-0.25, -0.2) is 0 Å². The summed E-state index contributed by atoms with van der Waals surface area (Å²) in [6.45, 7) is 4.64. The lowest BCUT2D eigenvalue weighted by Crippen LogP contribution is -2.45. The number of anilines is 1. The Bertz CT molecular complexity index is 1340. The molecule has 1 fully saturated rings. The molecular formula is C32H36N2O6. The molecule has 210 valence electrons. The number of hydrogen-bond acceptors (Lipinski definition) is 6. The molecule has 1 saturated heterocycles. The Morgan fingerprint density at radius 2 is 1.73 bits per heavy atom. The molecule has 2 aliphatic heterocycles. The average molecular weight is 545 g/mol. The Morgan fingerprint density at radius 3 is 2.40 bits per heavy atom. The zero-order chi connectivity index (χ0) is 28.2. The van der Waals surface area contributed by atoms with Crippen LogP contribution in [0.3, 0.4) is 0 Å². The van der Waals surface area contributed by atoms with Crippen LogP contribution >= 0.6 is 0 Å². The van der Waals surface area contributed by atoms with Crippen molar-refractivity contribution >= 4 is 17.6 Å². The molecule has 2 N–H and O–H groups in total. The van der Waals surface area contributed by atoms with Crippen molar-refractivity contribution in [3.63, 3.8) is 0 Å². The number of nitrogens with one attached hydrogen (secondary N) is 1. The first-order chi connectivity index (χ1) is 19.4. The summed E-state index contributed by atoms with van der Waals surface area (Å²) in [5.41, 5.74) is 3.52. The van der Waals surface area contributed by atoms with Gasteiger partial charge >= 0.3 is 5.97 Å². The molecule has 0 bridgehead atoms. The molecule has 1 amide bonds. The second-order valence-electron chi connectivity index (χ2n) is 10.5. The van der Waals surface area contributed by atoms with Gasteiger partial charge in [0.1, 0.15) is 5.75 Å². The lowest BCUT2D eigenvalue weighted by atomic mass is 9.82. The fourth-order valence-corrected chi connectivity index (χ4v) is 5.87. The minimum atomic E-state index is -0.904. The summed E-state index contributed by atoms with van der Waals surface area (Å²) < 4.78 is 16.5. The monoisotopic (exact) mass is 544 g/mol. The van der Waals surface area contributed by atoms with Crippen molar-refractivity contribution in [1.29, 1.82) is 0 Å². The molecule has 0 aromatic heterocycles. The van der Waals surface area contributed by atoms with Gasteiger partial charge in [-0.2, -0.15) is 0 Å². The number of ether oxygens (including phenoxy) is 3. The summed E-state index contributed by atoms with van der Waals surface area (Å²) in [6.07, 6.45) is 2.37. The van der Waals surface area contributed by atoms with E-state index >= 15 is 0 Å². The third-order valence-electron chi connectivity index (χ3n) is 7.96. The summed E-state index contributed by atoms with van der Waals surface area (Å²) in [7, 11) is 1.60. The van der Waals surface area contributed by atoms with Crippen molar-refractivity contribution in [3.8, 4) is 17.2 Å². The first kappa shape index (κ1) is 27.5. The number of likely N-dealkylation sites (tertiary alicyclic amines) is 1. The van der Waals surface area contributed by atoms with Crippen molar-refractivity contribution in [2.24, 2.45) is 5.92 Å². The van der Waals surface area contributed by atoms with E-state index < -0.39 is 24.0 Å². The molecule has 2 aliphatic rings. The Kier molecular flexibility index (Phi) is 8.26. The van der Waals surface area contributed by atoms with Crippen LogP contribution in [0, 0.1) is 12.8 Å². The Balaban J connectivity index is 1.56. The highest BCUT2D eigenvalue weighted by atomic mass is 16.7. The zero-order valence-corrected chi connectivity index (χ0v) is 23.1. The summed E-state index contributed by atoms with van der Waals surface area (Å²) in [4.78, 5) is 29.0. The van der Waals surface area contributed by atoms with Gasteiger partial charge in [0.2, 0.25) is 12.7 Å². The molecule has 8 nitrogen and oxygen atoms in total. The largest absolute Gasteiger partial charge is 0.497 e. The summed E-state index contributed by atoms with van der Waals surface area (Å²) in [5.74, 6) is -0.241. The Morgan fingerprint density at radius 1 is 1.02 bits per heavy atom. The summed E-state index contributed by atoms with van der Waals surface area (Å²) >= 11 is 0. The van der Waals surface area contributed by atoms with Crippen LogP contribution < -0.4 is 19.5 Å². The van der Waals surface area contributed by atoms with Gasteiger partial charge in [-0.05, 0) is 60.9 Å². The highest BCUT2D eigenvalue weighted by Crippen LogP contribution is 2.49. The zero-order valence-electron chi connectivity index (χ0n) is 23.1. The van der Waals surface area contributed by atoms with Crippen LogP contribution in [0.4, 0.5) is 5.69 Å². The van der Waals surface area contributed by atoms with E-state index in [0.717, 1.165) is 35.2 Å². The fraction of sp³-hybridized carbons (Fsp3) is 0.375. The van der Waals surface area contributed by atoms with E-state index in [1.165, 1.54) is 0 Å². The standard InChI is InChI=1S/C32H36N2O6/c1-4-5-6-26(31(35)33-23-12-7-20(2)8-13-23)34-18-25(22-11-16-27-28(17-22)40-19-39-27)29(32(36)37)30(34)21-9-14-24(38-3)15-10-21/h7-17,25-26,29-30H,4-6,18-19H2,1-3H3,(H,33,35)(H,36,37). The fourth-order valence-electron chi connectivity index (χ4n) is 5.87. The van der Waals surface area contributed by atoms with Crippen molar-refractivity contribution in [1.82, 2.24) is 4.90 Å². The lowest BCUT2D eigenvalue weighted by molar-refractivity contribution is -0.143. The number of hydrogen-bond donors (Lipinski definition) is 2. The normalized spacial score (nSPS) is 20.7. The van der Waals surface area contributed by atoms with Crippen molar-refractivity contribution in [2.75, 3.05) is 25.8 Å². The van der Waals surface area contributed by atoms with E-state index in [0.29, 0.717) is 30.2 Å². The number of unbranched alkanes of at least 4 members (excludes halogenated alkanes) is 1. The van der Waals surface area contributed by atoms with Crippen LogP contribution in [0.1, 0.15) is 54.8 Å². The minimum absolute atomic E-state index is 0.133. The maximum Gasteiger partial charge on any atom is 0.309 e. The van der Waals surface area contributed by atoms with Crippen molar-refractivity contribution in [2.45, 2.75) is 51.1 Å². The van der Waals surface area contributed by atoms with Crippen LogP contribution in [-0.4, -0.2) is 48.4 Å². The van der Waals surface area contributed by atoms with Gasteiger partial charge in [0.15, 0.2) is 11.5 Å². The number of rotatable bonds is 10. The third kappa shape index (κ3) is 5.63. The van der Waals surface area contributed by atoms with Gasteiger partial charge in [-0.1, -0.05) is 55.7 Å². The molecule has 3 aromatic rings. The predicted octanol–water partition coefficient (Wildman–Crippen LogP) is 5.77. The van der Waals surface area contributed by atoms with E-state index in [-0.39, 0.29) is 18.6 Å². The minimum Gasteiger partial charge on any atom is -0.497 e. The number of carbonyl (C=O) groups is 2. The molecule has 5 rings (SSSR count). The smallest absolute Gasteiger partial charge is 0.309 e. The number of carbonyl (C=O) groups excluding carboxylic acids is 1. The molecule has 4 unspecified atom stereocenters. The van der Waals surface area contributed by atoms with E-state index in [1.807, 2.05) is 73.7 Å². The van der Waals surface area contributed by atoms with Crippen LogP contribution in [0.15, 0.2) is 66.7 Å². The molecule has 3 aromatic carbocycles. The maximum absolute atomic E-state index is 13.9. The summed E-state index contributed by atoms with van der Waals surface area (Å²) in [5, 5.41) is 13.7. The lowest BCUT2D eigenvalue weighted by Gasteiger charge is -2.33. The van der Waals surface area contributed by atoms with Crippen LogP contribution in [0.5, 0.6) is 17.2 Å². The molecule has 0 aliphatic carbocycles. The van der Waals surface area contributed by atoms with E-state index in [1.54, 1.807) is 7.11 Å². The number of carboxylic acids is 1. The molecular weight excluding hydrogens is 508 g/mol. The number of amides is 1. The van der Waals surface area contributed by atoms with E-state index in [9.17, 15) is 14.7 Å². The molecule has 0 radical (unpaired) electrons. The average Bonchev–Trinajstić information content (AvgIpc) is 3.59. The first-order valence-electron chi connectivity index (χ1n) is 13.8. The summed E-state index contributed by atoms with van der Waals surface area (Å²) in [6, 6.07) is 19.8. The number of fused-ring (bicyclic) bond motifs is 1. The first-order valence-corrected chi connectivity index (χ1v) is 13.8. The second-order valence-corrected chi connectivity index (χ2v) is 10.5. The predicted molar refractivity (Wildman–Crippen MR) is 152 cm³/mol. The second kappa shape index (κ2) is 12.0. The quantitative estimate of drug-likeness (QED) is 0.334. The van der Waals surface area contributed by atoms with Gasteiger partial charge in [0, 0.05) is 24.2 Å². The van der Waals surface area contributed by atoms with Crippen LogP contribution in [0.2, 0.25) is 0 Å². The Labute approximate surface area is 234 Å². The highest BCUT2D eigenvalue weighted by Gasteiger charge is 2.50. The van der Waals surface area contributed by atoms with Crippen molar-refractivity contribution < 1.29 is 28.9 Å². The molecule has 0 saturated carbocycles. The van der Waals surface area contributed by atoms with Gasteiger partial charge in [0.05, 0.1) is 19.1 Å². The molecule has 8 heteroatoms. The molecule has 0 spiro atoms. The van der Waals surface area contributed by atoms with E-state index in [4.69, 9.17) is 14.2 Å². The van der Waals surface area contributed by atoms with E-state index in [2.05, 4.69) is 17.1 Å². The SMILES string of the molecule is CCCCC(C(=O)Nc1ccc(C)cc1)N1CC(c2ccc3c(c2)OCO3)C(C(=O)O)C1c1ccc(OC)cc1. The van der Waals surface area contributed by atoms with Crippen molar-refractivity contribution in [3.05, 3.63) is 83.4 Å². The van der Waals surface area contributed by atoms with Crippen LogP contribution in [0.25, 0.3) is 0 Å². The number of nitrogens with zero attached hydrogens (tertiary/aromatic N) is 1. The topological polar surface area (TPSA) is 97.3 Å². The molecule has 40 heavy (non-hydrogen) atoms. The highest BCUT2D eigenvalue weighted by molar-refractivity contribution is 5.95. The third-order valence-corrected chi connectivity index (χ3v) is 7.96. The van der Waals surface area contributed by atoms with Gasteiger partial charge < -0.3 is 24.6 Å².